The Bertz CT molecular complexity index is 681. The summed E-state index contributed by atoms with van der Waals surface area (Å²) in [5.74, 6) is 1.06. The number of aryl methyl sites for hydroxylation is 1. The lowest BCUT2D eigenvalue weighted by Gasteiger charge is -2.11. The van der Waals surface area contributed by atoms with Crippen LogP contribution in [0.5, 0.6) is 11.5 Å². The van der Waals surface area contributed by atoms with Crippen molar-refractivity contribution in [1.82, 2.24) is 9.97 Å². The summed E-state index contributed by atoms with van der Waals surface area (Å²) in [7, 11) is 1.34. The van der Waals surface area contributed by atoms with Crippen molar-refractivity contribution in [3.05, 3.63) is 35.5 Å². The maximum absolute atomic E-state index is 11.3. The fraction of sp³-hybridized carbons (Fsp3) is 0.312. The molecule has 0 amide bonds. The van der Waals surface area contributed by atoms with E-state index in [1.54, 1.807) is 31.2 Å². The molecule has 0 bridgehead atoms. The minimum atomic E-state index is -0.381. The number of anilines is 2. The fourth-order valence-corrected chi connectivity index (χ4v) is 2.01. The van der Waals surface area contributed by atoms with Crippen molar-refractivity contribution in [2.75, 3.05) is 31.8 Å². The van der Waals surface area contributed by atoms with Crippen LogP contribution in [0.25, 0.3) is 0 Å². The number of benzene rings is 1. The van der Waals surface area contributed by atoms with E-state index in [2.05, 4.69) is 14.7 Å². The van der Waals surface area contributed by atoms with Crippen LogP contribution >= 0.6 is 0 Å². The third-order valence-corrected chi connectivity index (χ3v) is 3.16. The lowest BCUT2D eigenvalue weighted by atomic mass is 10.2. The van der Waals surface area contributed by atoms with Gasteiger partial charge >= 0.3 is 5.97 Å². The molecule has 2 aromatic rings. The van der Waals surface area contributed by atoms with E-state index in [0.29, 0.717) is 42.4 Å². The van der Waals surface area contributed by atoms with Gasteiger partial charge in [-0.1, -0.05) is 0 Å². The molecule has 128 valence electrons. The van der Waals surface area contributed by atoms with Crippen molar-refractivity contribution < 1.29 is 19.0 Å². The minimum Gasteiger partial charge on any atom is -0.493 e. The first-order valence-electron chi connectivity index (χ1n) is 7.35. The Labute approximate surface area is 139 Å². The molecule has 24 heavy (non-hydrogen) atoms. The summed E-state index contributed by atoms with van der Waals surface area (Å²) in [6.45, 7) is 2.61. The summed E-state index contributed by atoms with van der Waals surface area (Å²) >= 11 is 0. The van der Waals surface area contributed by atoms with E-state index in [0.717, 1.165) is 0 Å². The number of hydrogen-bond acceptors (Lipinski definition) is 8. The van der Waals surface area contributed by atoms with Gasteiger partial charge in [-0.3, -0.25) is 0 Å². The average Bonchev–Trinajstić information content (AvgIpc) is 2.56. The molecule has 8 heteroatoms. The molecule has 0 saturated heterocycles. The predicted octanol–water partition coefficient (Wildman–Crippen LogP) is 1.58. The van der Waals surface area contributed by atoms with E-state index in [9.17, 15) is 4.79 Å². The summed E-state index contributed by atoms with van der Waals surface area (Å²) in [6.07, 6.45) is 0.641. The lowest BCUT2D eigenvalue weighted by Crippen LogP contribution is -2.10. The van der Waals surface area contributed by atoms with E-state index >= 15 is 0 Å². The van der Waals surface area contributed by atoms with Gasteiger partial charge in [0.15, 0.2) is 11.6 Å². The second-order valence-electron chi connectivity index (χ2n) is 4.95. The molecular weight excluding hydrogens is 312 g/mol. The monoisotopic (exact) mass is 332 g/mol. The standard InChI is InChI=1S/C16H20N4O4/c1-10-13(14(17)20-16(18)19-10)24-9-3-8-23-12-6-4-11(5-7-12)15(21)22-2/h4-7H,3,8-9H2,1-2H3,(H4,17,18,19,20). The van der Waals surface area contributed by atoms with Crippen molar-refractivity contribution >= 4 is 17.7 Å². The summed E-state index contributed by atoms with van der Waals surface area (Å²) in [5, 5.41) is 0. The third-order valence-electron chi connectivity index (χ3n) is 3.16. The Kier molecular flexibility index (Phi) is 5.78. The molecule has 0 fully saturated rings. The van der Waals surface area contributed by atoms with Gasteiger partial charge in [-0.05, 0) is 31.2 Å². The summed E-state index contributed by atoms with van der Waals surface area (Å²) < 4.78 is 15.8. The molecule has 0 aliphatic carbocycles. The quantitative estimate of drug-likeness (QED) is 0.579. The second-order valence-corrected chi connectivity index (χ2v) is 4.95. The Morgan fingerprint density at radius 1 is 1.08 bits per heavy atom. The van der Waals surface area contributed by atoms with E-state index in [4.69, 9.17) is 20.9 Å². The number of carbonyl (C=O) groups is 1. The van der Waals surface area contributed by atoms with E-state index in [1.807, 2.05) is 0 Å². The zero-order chi connectivity index (χ0) is 17.5. The number of rotatable bonds is 7. The van der Waals surface area contributed by atoms with Crippen LogP contribution in [0.3, 0.4) is 0 Å². The van der Waals surface area contributed by atoms with Crippen molar-refractivity contribution in [3.63, 3.8) is 0 Å². The van der Waals surface area contributed by atoms with Gasteiger partial charge in [-0.15, -0.1) is 0 Å². The SMILES string of the molecule is COC(=O)c1ccc(OCCCOc2c(C)nc(N)nc2N)cc1. The Hall–Kier alpha value is -3.03. The number of nitrogens with two attached hydrogens (primary N) is 2. The molecule has 0 aliphatic rings. The van der Waals surface area contributed by atoms with Crippen LogP contribution in [-0.2, 0) is 4.74 Å². The molecule has 0 spiro atoms. The van der Waals surface area contributed by atoms with Gasteiger partial charge in [0.1, 0.15) is 5.75 Å². The van der Waals surface area contributed by atoms with Crippen LogP contribution in [0.4, 0.5) is 11.8 Å². The maximum Gasteiger partial charge on any atom is 0.337 e. The molecule has 0 atom stereocenters. The zero-order valence-corrected chi connectivity index (χ0v) is 13.6. The number of aromatic nitrogens is 2. The molecule has 1 heterocycles. The molecule has 0 radical (unpaired) electrons. The molecule has 0 unspecified atom stereocenters. The van der Waals surface area contributed by atoms with Crippen molar-refractivity contribution in [2.45, 2.75) is 13.3 Å². The van der Waals surface area contributed by atoms with Crippen molar-refractivity contribution in [1.29, 1.82) is 0 Å². The maximum atomic E-state index is 11.3. The summed E-state index contributed by atoms with van der Waals surface area (Å²) in [6, 6.07) is 6.72. The summed E-state index contributed by atoms with van der Waals surface area (Å²) in [4.78, 5) is 19.2. The Balaban J connectivity index is 1.76. The molecule has 1 aromatic carbocycles. The van der Waals surface area contributed by atoms with Gasteiger partial charge in [0.05, 0.1) is 31.6 Å². The van der Waals surface area contributed by atoms with Crippen molar-refractivity contribution in [2.24, 2.45) is 0 Å². The predicted molar refractivity (Wildman–Crippen MR) is 89.0 cm³/mol. The first kappa shape index (κ1) is 17.3. The van der Waals surface area contributed by atoms with Crippen LogP contribution in [0, 0.1) is 6.92 Å². The number of hydrogen-bond donors (Lipinski definition) is 2. The number of ether oxygens (including phenoxy) is 3. The van der Waals surface area contributed by atoms with E-state index in [-0.39, 0.29) is 17.7 Å². The topological polar surface area (TPSA) is 123 Å². The van der Waals surface area contributed by atoms with Crippen molar-refractivity contribution in [3.8, 4) is 11.5 Å². The fourth-order valence-electron chi connectivity index (χ4n) is 2.01. The normalized spacial score (nSPS) is 10.2. The highest BCUT2D eigenvalue weighted by Crippen LogP contribution is 2.23. The second kappa shape index (κ2) is 8.00. The summed E-state index contributed by atoms with van der Waals surface area (Å²) in [5.41, 5.74) is 12.3. The number of nitrogens with zero attached hydrogens (tertiary/aromatic N) is 2. The lowest BCUT2D eigenvalue weighted by molar-refractivity contribution is 0.0600. The van der Waals surface area contributed by atoms with Crippen LogP contribution in [0.15, 0.2) is 24.3 Å². The van der Waals surface area contributed by atoms with Crippen LogP contribution < -0.4 is 20.9 Å². The Morgan fingerprint density at radius 2 is 1.75 bits per heavy atom. The number of carbonyl (C=O) groups excluding carboxylic acids is 1. The third kappa shape index (κ3) is 4.48. The Morgan fingerprint density at radius 3 is 2.38 bits per heavy atom. The van der Waals surface area contributed by atoms with Gasteiger partial charge in [0.2, 0.25) is 5.95 Å². The minimum absolute atomic E-state index is 0.121. The molecule has 2 rings (SSSR count). The molecule has 4 N–H and O–H groups in total. The molecule has 0 aliphatic heterocycles. The highest BCUT2D eigenvalue weighted by Gasteiger charge is 2.09. The highest BCUT2D eigenvalue weighted by molar-refractivity contribution is 5.89. The molecule has 8 nitrogen and oxygen atoms in total. The van der Waals surface area contributed by atoms with Crippen LogP contribution in [0.2, 0.25) is 0 Å². The van der Waals surface area contributed by atoms with Gasteiger partial charge in [0, 0.05) is 6.42 Å². The number of esters is 1. The van der Waals surface area contributed by atoms with Gasteiger partial charge in [-0.25, -0.2) is 9.78 Å². The zero-order valence-electron chi connectivity index (χ0n) is 13.6. The first-order chi connectivity index (χ1) is 11.5. The smallest absolute Gasteiger partial charge is 0.337 e. The van der Waals surface area contributed by atoms with E-state index in [1.165, 1.54) is 7.11 Å². The van der Waals surface area contributed by atoms with Gasteiger partial charge < -0.3 is 25.7 Å². The largest absolute Gasteiger partial charge is 0.493 e. The van der Waals surface area contributed by atoms with Gasteiger partial charge in [0.25, 0.3) is 0 Å². The van der Waals surface area contributed by atoms with Crippen LogP contribution in [0.1, 0.15) is 22.5 Å². The van der Waals surface area contributed by atoms with E-state index < -0.39 is 0 Å². The molecular formula is C16H20N4O4. The first-order valence-corrected chi connectivity index (χ1v) is 7.35. The number of nitrogen functional groups attached to an aromatic ring is 2. The average molecular weight is 332 g/mol. The van der Waals surface area contributed by atoms with Gasteiger partial charge in [-0.2, -0.15) is 4.98 Å². The highest BCUT2D eigenvalue weighted by atomic mass is 16.5. The number of methoxy groups -OCH3 is 1. The molecule has 0 saturated carbocycles. The van der Waals surface area contributed by atoms with Crippen LogP contribution in [-0.4, -0.2) is 36.3 Å². The molecule has 1 aromatic heterocycles.